The number of halogens is 4. The van der Waals surface area contributed by atoms with Gasteiger partial charge >= 0.3 is 12.2 Å². The average Bonchev–Trinajstić information content (AvgIpc) is 3.27. The Bertz CT molecular complexity index is 1020. The van der Waals surface area contributed by atoms with Gasteiger partial charge in [0.25, 0.3) is 5.91 Å². The molecule has 12 heteroatoms. The molecular weight excluding hydrogens is 420 g/mol. The predicted octanol–water partition coefficient (Wildman–Crippen LogP) is 3.14. The Kier molecular flexibility index (Phi) is 6.47. The van der Waals surface area contributed by atoms with Crippen LogP contribution in [0.4, 0.5) is 17.6 Å². The minimum absolute atomic E-state index is 0.0516. The first-order valence-corrected chi connectivity index (χ1v) is 9.20. The van der Waals surface area contributed by atoms with E-state index in [0.717, 1.165) is 6.07 Å². The first kappa shape index (κ1) is 22.1. The molecule has 31 heavy (non-hydrogen) atoms. The molecule has 3 rings (SSSR count). The summed E-state index contributed by atoms with van der Waals surface area (Å²) in [5, 5.41) is 7.96. The van der Waals surface area contributed by atoms with Crippen molar-refractivity contribution in [3.63, 3.8) is 0 Å². The molecule has 1 amide bonds. The topological polar surface area (TPSA) is 86.0 Å². The van der Waals surface area contributed by atoms with E-state index < -0.39 is 29.5 Å². The lowest BCUT2D eigenvalue weighted by Crippen LogP contribution is -2.42. The van der Waals surface area contributed by atoms with Crippen molar-refractivity contribution in [2.45, 2.75) is 26.1 Å². The van der Waals surface area contributed by atoms with Crippen LogP contribution < -0.4 is 4.74 Å². The van der Waals surface area contributed by atoms with Gasteiger partial charge in [-0.1, -0.05) is 0 Å². The minimum Gasteiger partial charge on any atom is -0.461 e. The molecule has 0 N–H and O–H groups in total. The Hall–Kier alpha value is -3.57. The lowest BCUT2D eigenvalue weighted by molar-refractivity contribution is -0.138. The van der Waals surface area contributed by atoms with Gasteiger partial charge in [0.1, 0.15) is 12.4 Å². The van der Waals surface area contributed by atoms with Gasteiger partial charge in [-0.15, -0.1) is 0 Å². The number of aromatic nitrogens is 5. The standard InChI is InChI=1S/C19H18F4N6O2/c1-3-28(12(2)11-31-18-24-9-13(10-25-18)19(21,22)23)17(30)15-8-14(20)4-5-16(15)29-26-6-7-27-29/h4-10,12H,3,11H2,1-2H3. The summed E-state index contributed by atoms with van der Waals surface area (Å²) in [5.74, 6) is -1.09. The Morgan fingerprint density at radius 2 is 1.84 bits per heavy atom. The molecule has 2 heterocycles. The molecule has 0 aliphatic heterocycles. The normalized spacial score (nSPS) is 12.5. The van der Waals surface area contributed by atoms with E-state index in [4.69, 9.17) is 4.74 Å². The number of carbonyl (C=O) groups excluding carboxylic acids is 1. The summed E-state index contributed by atoms with van der Waals surface area (Å²) in [6.45, 7) is 3.58. The monoisotopic (exact) mass is 438 g/mol. The SMILES string of the molecule is CCN(C(=O)c1cc(F)ccc1-n1nccn1)C(C)COc1ncc(C(F)(F)F)cn1. The Morgan fingerprint density at radius 3 is 2.42 bits per heavy atom. The maximum atomic E-state index is 13.9. The second kappa shape index (κ2) is 9.06. The van der Waals surface area contributed by atoms with Gasteiger partial charge in [0.2, 0.25) is 0 Å². The second-order valence-electron chi connectivity index (χ2n) is 6.48. The molecular formula is C19H18F4N6O2. The third kappa shape index (κ3) is 5.13. The summed E-state index contributed by atoms with van der Waals surface area (Å²) in [7, 11) is 0. The minimum atomic E-state index is -4.55. The van der Waals surface area contributed by atoms with Crippen molar-refractivity contribution in [2.75, 3.05) is 13.2 Å². The third-order valence-electron chi connectivity index (χ3n) is 4.37. The smallest absolute Gasteiger partial charge is 0.419 e. The van der Waals surface area contributed by atoms with Crippen LogP contribution in [0.3, 0.4) is 0 Å². The fourth-order valence-corrected chi connectivity index (χ4v) is 2.83. The molecule has 3 aromatic rings. The highest BCUT2D eigenvalue weighted by Gasteiger charge is 2.31. The number of nitrogens with zero attached hydrogens (tertiary/aromatic N) is 6. The summed E-state index contributed by atoms with van der Waals surface area (Å²) >= 11 is 0. The summed E-state index contributed by atoms with van der Waals surface area (Å²) in [4.78, 5) is 22.8. The van der Waals surface area contributed by atoms with Crippen molar-refractivity contribution in [1.29, 1.82) is 0 Å². The highest BCUT2D eigenvalue weighted by atomic mass is 19.4. The fourth-order valence-electron chi connectivity index (χ4n) is 2.83. The van der Waals surface area contributed by atoms with Crippen molar-refractivity contribution in [1.82, 2.24) is 29.9 Å². The molecule has 0 saturated heterocycles. The first-order valence-electron chi connectivity index (χ1n) is 9.20. The van der Waals surface area contributed by atoms with Crippen molar-refractivity contribution in [3.05, 3.63) is 59.9 Å². The number of hydrogen-bond donors (Lipinski definition) is 0. The summed E-state index contributed by atoms with van der Waals surface area (Å²) < 4.78 is 57.0. The van der Waals surface area contributed by atoms with E-state index in [-0.39, 0.29) is 24.7 Å². The van der Waals surface area contributed by atoms with Gasteiger partial charge in [-0.3, -0.25) is 4.79 Å². The van der Waals surface area contributed by atoms with E-state index in [1.54, 1.807) is 13.8 Å². The summed E-state index contributed by atoms with van der Waals surface area (Å²) in [5.41, 5.74) is -0.645. The Morgan fingerprint density at radius 1 is 1.19 bits per heavy atom. The van der Waals surface area contributed by atoms with Crippen molar-refractivity contribution < 1.29 is 27.1 Å². The molecule has 1 aromatic carbocycles. The highest BCUT2D eigenvalue weighted by molar-refractivity contribution is 5.97. The zero-order valence-electron chi connectivity index (χ0n) is 16.5. The highest BCUT2D eigenvalue weighted by Crippen LogP contribution is 2.28. The lowest BCUT2D eigenvalue weighted by Gasteiger charge is -2.28. The van der Waals surface area contributed by atoms with Crippen LogP contribution in [0.5, 0.6) is 6.01 Å². The van der Waals surface area contributed by atoms with Gasteiger partial charge in [0.15, 0.2) is 0 Å². The van der Waals surface area contributed by atoms with E-state index in [1.165, 1.54) is 34.2 Å². The van der Waals surface area contributed by atoms with Crippen LogP contribution in [-0.2, 0) is 6.18 Å². The van der Waals surface area contributed by atoms with Gasteiger partial charge in [0.05, 0.1) is 35.2 Å². The quantitative estimate of drug-likeness (QED) is 0.527. The number of benzene rings is 1. The maximum Gasteiger partial charge on any atom is 0.419 e. The van der Waals surface area contributed by atoms with Crippen molar-refractivity contribution >= 4 is 5.91 Å². The van der Waals surface area contributed by atoms with Gasteiger partial charge in [-0.2, -0.15) is 28.2 Å². The largest absolute Gasteiger partial charge is 0.461 e. The van der Waals surface area contributed by atoms with Gasteiger partial charge in [-0.05, 0) is 32.0 Å². The summed E-state index contributed by atoms with van der Waals surface area (Å²) in [6, 6.07) is 2.91. The Balaban J connectivity index is 1.74. The number of likely N-dealkylation sites (N-methyl/N-ethyl adjacent to an activating group) is 1. The predicted molar refractivity (Wildman–Crippen MR) is 100 cm³/mol. The van der Waals surface area contributed by atoms with Crippen LogP contribution in [0.1, 0.15) is 29.8 Å². The number of hydrogen-bond acceptors (Lipinski definition) is 6. The molecule has 1 unspecified atom stereocenters. The van der Waals surface area contributed by atoms with Crippen LogP contribution in [0, 0.1) is 5.82 Å². The molecule has 0 aliphatic rings. The molecule has 1 atom stereocenters. The molecule has 2 aromatic heterocycles. The molecule has 0 spiro atoms. The zero-order chi connectivity index (χ0) is 22.6. The van der Waals surface area contributed by atoms with E-state index in [1.807, 2.05) is 0 Å². The molecule has 8 nitrogen and oxygen atoms in total. The number of rotatable bonds is 7. The molecule has 0 aliphatic carbocycles. The number of amides is 1. The van der Waals surface area contributed by atoms with E-state index in [0.29, 0.717) is 18.1 Å². The molecule has 0 fully saturated rings. The van der Waals surface area contributed by atoms with Gasteiger partial charge in [-0.25, -0.2) is 14.4 Å². The lowest BCUT2D eigenvalue weighted by atomic mass is 10.1. The molecule has 0 bridgehead atoms. The van der Waals surface area contributed by atoms with E-state index >= 15 is 0 Å². The molecule has 164 valence electrons. The summed E-state index contributed by atoms with van der Waals surface area (Å²) in [6.07, 6.45) is -0.466. The second-order valence-corrected chi connectivity index (χ2v) is 6.48. The molecule has 0 radical (unpaired) electrons. The third-order valence-corrected chi connectivity index (χ3v) is 4.37. The maximum absolute atomic E-state index is 13.9. The van der Waals surface area contributed by atoms with Crippen LogP contribution >= 0.6 is 0 Å². The zero-order valence-corrected chi connectivity index (χ0v) is 16.5. The van der Waals surface area contributed by atoms with Crippen LogP contribution in [-0.4, -0.2) is 55.0 Å². The Labute approximate surface area is 174 Å². The van der Waals surface area contributed by atoms with Crippen LogP contribution in [0.2, 0.25) is 0 Å². The van der Waals surface area contributed by atoms with Gasteiger partial charge in [0, 0.05) is 18.9 Å². The van der Waals surface area contributed by atoms with Crippen molar-refractivity contribution in [2.24, 2.45) is 0 Å². The van der Waals surface area contributed by atoms with Crippen LogP contribution in [0.15, 0.2) is 43.0 Å². The van der Waals surface area contributed by atoms with E-state index in [2.05, 4.69) is 20.2 Å². The number of carbonyl (C=O) groups is 1. The first-order chi connectivity index (χ1) is 14.7. The molecule has 0 saturated carbocycles. The number of ether oxygens (including phenoxy) is 1. The average molecular weight is 438 g/mol. The van der Waals surface area contributed by atoms with Gasteiger partial charge < -0.3 is 9.64 Å². The van der Waals surface area contributed by atoms with Crippen molar-refractivity contribution in [3.8, 4) is 11.7 Å². The number of alkyl halides is 3. The van der Waals surface area contributed by atoms with E-state index in [9.17, 15) is 22.4 Å². The fraction of sp³-hybridized carbons (Fsp3) is 0.316. The van der Waals surface area contributed by atoms with Crippen LogP contribution in [0.25, 0.3) is 5.69 Å².